The van der Waals surface area contributed by atoms with E-state index in [2.05, 4.69) is 15.0 Å². The maximum atomic E-state index is 12.0. The first-order valence-electron chi connectivity index (χ1n) is 6.55. The molecule has 1 amide bonds. The van der Waals surface area contributed by atoms with Crippen LogP contribution in [0, 0.1) is 5.92 Å². The molecule has 1 rings (SSSR count). The average Bonchev–Trinajstić information content (AvgIpc) is 2.44. The first-order chi connectivity index (χ1) is 9.85. The van der Waals surface area contributed by atoms with Gasteiger partial charge in [0.25, 0.3) is 0 Å². The Kier molecular flexibility index (Phi) is 6.42. The summed E-state index contributed by atoms with van der Waals surface area (Å²) in [4.78, 5) is 29.4. The third-order valence-corrected chi connectivity index (χ3v) is 3.15. The summed E-state index contributed by atoms with van der Waals surface area (Å²) in [6, 6.07) is 2.76. The van der Waals surface area contributed by atoms with E-state index in [4.69, 9.17) is 11.6 Å². The molecule has 21 heavy (non-hydrogen) atoms. The Morgan fingerprint density at radius 2 is 2.10 bits per heavy atom. The summed E-state index contributed by atoms with van der Waals surface area (Å²) in [6.07, 6.45) is 1.51. The fraction of sp³-hybridized carbons (Fsp3) is 0.500. The number of carbonyl (C=O) groups is 2. The number of nitrogens with one attached hydrogen (secondary N) is 1. The Morgan fingerprint density at radius 1 is 1.43 bits per heavy atom. The van der Waals surface area contributed by atoms with Crippen LogP contribution in [-0.4, -0.2) is 43.6 Å². The molecule has 0 aromatic carbocycles. The van der Waals surface area contributed by atoms with Crippen LogP contribution in [0.4, 0.5) is 5.82 Å². The molecule has 0 saturated heterocycles. The van der Waals surface area contributed by atoms with Gasteiger partial charge in [0.05, 0.1) is 18.7 Å². The average molecular weight is 314 g/mol. The number of nitrogens with zero attached hydrogens (tertiary/aromatic N) is 2. The van der Waals surface area contributed by atoms with Gasteiger partial charge in [-0.05, 0) is 18.1 Å². The molecule has 0 fully saturated rings. The van der Waals surface area contributed by atoms with Crippen molar-refractivity contribution in [3.05, 3.63) is 23.4 Å². The number of likely N-dealkylation sites (N-methyl/N-ethyl adjacent to an activating group) is 1. The highest BCUT2D eigenvalue weighted by Crippen LogP contribution is 2.12. The van der Waals surface area contributed by atoms with Crippen molar-refractivity contribution in [2.45, 2.75) is 19.9 Å². The molecule has 1 aromatic heterocycles. The summed E-state index contributed by atoms with van der Waals surface area (Å²) in [5.41, 5.74) is 0. The molecule has 0 radical (unpaired) electrons. The van der Waals surface area contributed by atoms with E-state index in [1.807, 2.05) is 13.8 Å². The maximum absolute atomic E-state index is 12.0. The summed E-state index contributed by atoms with van der Waals surface area (Å²) < 4.78 is 4.68. The van der Waals surface area contributed by atoms with E-state index < -0.39 is 12.0 Å². The Morgan fingerprint density at radius 3 is 2.57 bits per heavy atom. The molecule has 1 atom stereocenters. The topological polar surface area (TPSA) is 71.5 Å². The minimum atomic E-state index is -0.658. The molecule has 1 heterocycles. The monoisotopic (exact) mass is 313 g/mol. The number of methoxy groups -OCH3 is 1. The van der Waals surface area contributed by atoms with Crippen LogP contribution in [-0.2, 0) is 14.3 Å². The smallest absolute Gasteiger partial charge is 0.328 e. The van der Waals surface area contributed by atoms with Gasteiger partial charge in [0.2, 0.25) is 5.91 Å². The molecule has 0 bridgehead atoms. The minimum Gasteiger partial charge on any atom is -0.467 e. The molecule has 7 heteroatoms. The third-order valence-electron chi connectivity index (χ3n) is 2.92. The number of hydrogen-bond donors (Lipinski definition) is 1. The number of anilines is 1. The van der Waals surface area contributed by atoms with Gasteiger partial charge >= 0.3 is 5.97 Å². The Balaban J connectivity index is 2.63. The number of amides is 1. The van der Waals surface area contributed by atoms with Crippen molar-refractivity contribution in [1.29, 1.82) is 0 Å². The van der Waals surface area contributed by atoms with Gasteiger partial charge in [-0.1, -0.05) is 25.4 Å². The van der Waals surface area contributed by atoms with E-state index in [0.717, 1.165) is 0 Å². The number of hydrogen-bond acceptors (Lipinski definition) is 5. The second-order valence-corrected chi connectivity index (χ2v) is 5.44. The van der Waals surface area contributed by atoms with Crippen LogP contribution in [0.5, 0.6) is 0 Å². The van der Waals surface area contributed by atoms with E-state index in [-0.39, 0.29) is 18.4 Å². The van der Waals surface area contributed by atoms with E-state index in [0.29, 0.717) is 10.8 Å². The summed E-state index contributed by atoms with van der Waals surface area (Å²) in [6.45, 7) is 3.76. The van der Waals surface area contributed by atoms with Crippen molar-refractivity contribution >= 4 is 29.3 Å². The van der Waals surface area contributed by atoms with E-state index in [1.165, 1.54) is 13.3 Å². The number of esters is 1. The van der Waals surface area contributed by atoms with Crippen LogP contribution >= 0.6 is 11.6 Å². The summed E-state index contributed by atoms with van der Waals surface area (Å²) in [5.74, 6) is -0.168. The highest BCUT2D eigenvalue weighted by molar-refractivity contribution is 6.30. The number of ether oxygens (including phenoxy) is 1. The fourth-order valence-corrected chi connectivity index (χ4v) is 1.85. The lowest BCUT2D eigenvalue weighted by Gasteiger charge is -2.22. The second-order valence-electron chi connectivity index (χ2n) is 5.00. The number of pyridine rings is 1. The number of aromatic nitrogens is 1. The van der Waals surface area contributed by atoms with Crippen molar-refractivity contribution in [2.75, 3.05) is 25.6 Å². The van der Waals surface area contributed by atoms with Crippen molar-refractivity contribution < 1.29 is 14.3 Å². The highest BCUT2D eigenvalue weighted by Gasteiger charge is 2.25. The van der Waals surface area contributed by atoms with Gasteiger partial charge in [0.1, 0.15) is 11.9 Å². The lowest BCUT2D eigenvalue weighted by atomic mass is 10.0. The predicted octanol–water partition coefficient (Wildman–Crippen LogP) is 1.48. The van der Waals surface area contributed by atoms with Gasteiger partial charge in [-0.3, -0.25) is 4.79 Å². The number of rotatable bonds is 6. The van der Waals surface area contributed by atoms with Crippen LogP contribution < -0.4 is 10.2 Å². The van der Waals surface area contributed by atoms with Crippen LogP contribution in [0.25, 0.3) is 0 Å². The van der Waals surface area contributed by atoms with Gasteiger partial charge in [0, 0.05) is 13.2 Å². The first-order valence-corrected chi connectivity index (χ1v) is 6.92. The van der Waals surface area contributed by atoms with Crippen molar-refractivity contribution in [1.82, 2.24) is 10.3 Å². The zero-order valence-corrected chi connectivity index (χ0v) is 13.3. The van der Waals surface area contributed by atoms with Gasteiger partial charge in [-0.15, -0.1) is 0 Å². The summed E-state index contributed by atoms with van der Waals surface area (Å²) in [7, 11) is 3.03. The third kappa shape index (κ3) is 5.23. The predicted molar refractivity (Wildman–Crippen MR) is 81.3 cm³/mol. The van der Waals surface area contributed by atoms with Crippen molar-refractivity contribution in [3.8, 4) is 0 Å². The molecule has 6 nitrogen and oxygen atoms in total. The normalized spacial score (nSPS) is 11.9. The lowest BCUT2D eigenvalue weighted by Crippen LogP contribution is -2.48. The zero-order valence-electron chi connectivity index (χ0n) is 12.6. The molecule has 0 aliphatic rings. The standard InChI is InChI=1S/C14H20ClN3O3/c1-9(2)13(14(20)21-4)17-12(19)8-18(3)11-6-5-10(15)7-16-11/h5-7,9,13H,8H2,1-4H3,(H,17,19). The number of halogens is 1. The lowest BCUT2D eigenvalue weighted by molar-refractivity contribution is -0.146. The van der Waals surface area contributed by atoms with Crippen LogP contribution in [0.2, 0.25) is 5.02 Å². The molecule has 0 aliphatic heterocycles. The Hall–Kier alpha value is -1.82. The van der Waals surface area contributed by atoms with Crippen molar-refractivity contribution in [3.63, 3.8) is 0 Å². The molecule has 1 unspecified atom stereocenters. The van der Waals surface area contributed by atoms with Gasteiger partial charge in [-0.25, -0.2) is 9.78 Å². The fourth-order valence-electron chi connectivity index (χ4n) is 1.73. The summed E-state index contributed by atoms with van der Waals surface area (Å²) in [5, 5.41) is 3.20. The maximum Gasteiger partial charge on any atom is 0.328 e. The second kappa shape index (κ2) is 7.83. The van der Waals surface area contributed by atoms with E-state index in [9.17, 15) is 9.59 Å². The SMILES string of the molecule is COC(=O)C(NC(=O)CN(C)c1ccc(Cl)cn1)C(C)C. The molecule has 0 aliphatic carbocycles. The molecule has 1 N–H and O–H groups in total. The van der Waals surface area contributed by atoms with Gasteiger partial charge < -0.3 is 15.0 Å². The molecule has 116 valence electrons. The Labute approximate surface area is 129 Å². The quantitative estimate of drug-likeness (QED) is 0.806. The van der Waals surface area contributed by atoms with Crippen LogP contribution in [0.1, 0.15) is 13.8 Å². The number of carbonyl (C=O) groups excluding carboxylic acids is 2. The molecule has 0 spiro atoms. The van der Waals surface area contributed by atoms with Gasteiger partial charge in [0.15, 0.2) is 0 Å². The summed E-state index contributed by atoms with van der Waals surface area (Å²) >= 11 is 5.76. The van der Waals surface area contributed by atoms with Crippen LogP contribution in [0.3, 0.4) is 0 Å². The Bertz CT molecular complexity index is 491. The van der Waals surface area contributed by atoms with E-state index >= 15 is 0 Å². The van der Waals surface area contributed by atoms with Crippen LogP contribution in [0.15, 0.2) is 18.3 Å². The largest absolute Gasteiger partial charge is 0.467 e. The first kappa shape index (κ1) is 17.2. The van der Waals surface area contributed by atoms with Gasteiger partial charge in [-0.2, -0.15) is 0 Å². The highest BCUT2D eigenvalue weighted by atomic mass is 35.5. The van der Waals surface area contributed by atoms with E-state index in [1.54, 1.807) is 24.1 Å². The van der Waals surface area contributed by atoms with Crippen molar-refractivity contribution in [2.24, 2.45) is 5.92 Å². The molecule has 0 saturated carbocycles. The molecular weight excluding hydrogens is 294 g/mol. The zero-order chi connectivity index (χ0) is 16.0. The molecular formula is C14H20ClN3O3. The minimum absolute atomic E-state index is 0.0552. The molecule has 1 aromatic rings.